The first-order valence-electron chi connectivity index (χ1n) is 4.77. The molecular weight excluding hydrogens is 180 g/mol. The van der Waals surface area contributed by atoms with Crippen LogP contribution in [0.4, 0.5) is 0 Å². The van der Waals surface area contributed by atoms with E-state index >= 15 is 0 Å². The van der Waals surface area contributed by atoms with Crippen molar-refractivity contribution in [1.29, 1.82) is 0 Å². The minimum absolute atomic E-state index is 0.190. The second-order valence-corrected chi connectivity index (χ2v) is 3.59. The molecule has 0 aliphatic carbocycles. The molecule has 3 nitrogen and oxygen atoms in total. The molecule has 0 unspecified atom stereocenters. The van der Waals surface area contributed by atoms with Crippen LogP contribution in [0.25, 0.3) is 0 Å². The van der Waals surface area contributed by atoms with Crippen molar-refractivity contribution in [2.24, 2.45) is 0 Å². The standard InChI is InChI=1S/C11H14O3/c1-7-3-4-9-10(13-2)5-8(12)6-11(9)14-7/h5-7,12H,3-4H2,1-2H3/t7-/m1/s1. The second kappa shape index (κ2) is 3.40. The van der Waals surface area contributed by atoms with Gasteiger partial charge >= 0.3 is 0 Å². The molecule has 1 atom stereocenters. The molecule has 2 rings (SSSR count). The molecule has 1 heterocycles. The number of phenolic OH excluding ortho intramolecular Hbond substituents is 1. The van der Waals surface area contributed by atoms with Crippen molar-refractivity contribution in [2.45, 2.75) is 25.9 Å². The molecule has 76 valence electrons. The first-order valence-corrected chi connectivity index (χ1v) is 4.77. The number of fused-ring (bicyclic) bond motifs is 1. The highest BCUT2D eigenvalue weighted by molar-refractivity contribution is 5.51. The van der Waals surface area contributed by atoms with Crippen LogP contribution in [0, 0.1) is 0 Å². The number of methoxy groups -OCH3 is 1. The number of ether oxygens (including phenoxy) is 2. The van der Waals surface area contributed by atoms with Gasteiger partial charge in [0.05, 0.1) is 13.2 Å². The van der Waals surface area contributed by atoms with Gasteiger partial charge in [0.15, 0.2) is 0 Å². The minimum Gasteiger partial charge on any atom is -0.508 e. The van der Waals surface area contributed by atoms with Gasteiger partial charge in [0.2, 0.25) is 0 Å². The fourth-order valence-electron chi connectivity index (χ4n) is 1.76. The van der Waals surface area contributed by atoms with E-state index in [1.165, 1.54) is 0 Å². The number of hydrogen-bond donors (Lipinski definition) is 1. The second-order valence-electron chi connectivity index (χ2n) is 3.59. The van der Waals surface area contributed by atoms with Crippen molar-refractivity contribution in [3.8, 4) is 17.2 Å². The lowest BCUT2D eigenvalue weighted by molar-refractivity contribution is 0.189. The third kappa shape index (κ3) is 1.50. The quantitative estimate of drug-likeness (QED) is 0.744. The fourth-order valence-corrected chi connectivity index (χ4v) is 1.76. The summed E-state index contributed by atoms with van der Waals surface area (Å²) >= 11 is 0. The molecule has 0 fully saturated rings. The van der Waals surface area contributed by atoms with E-state index < -0.39 is 0 Å². The van der Waals surface area contributed by atoms with Crippen LogP contribution in [0.15, 0.2) is 12.1 Å². The molecule has 0 aromatic heterocycles. The highest BCUT2D eigenvalue weighted by atomic mass is 16.5. The van der Waals surface area contributed by atoms with Gasteiger partial charge in [-0.1, -0.05) is 0 Å². The van der Waals surface area contributed by atoms with Crippen molar-refractivity contribution < 1.29 is 14.6 Å². The molecule has 0 spiro atoms. The maximum atomic E-state index is 9.43. The van der Waals surface area contributed by atoms with Crippen LogP contribution in [0.5, 0.6) is 17.2 Å². The maximum absolute atomic E-state index is 9.43. The summed E-state index contributed by atoms with van der Waals surface area (Å²) in [5.74, 6) is 1.65. The third-order valence-corrected chi connectivity index (χ3v) is 2.50. The zero-order valence-electron chi connectivity index (χ0n) is 8.41. The molecule has 1 N–H and O–H groups in total. The van der Waals surface area contributed by atoms with Gasteiger partial charge in [-0.3, -0.25) is 0 Å². The molecular formula is C11H14O3. The summed E-state index contributed by atoms with van der Waals surface area (Å²) in [5, 5.41) is 9.43. The number of phenols is 1. The normalized spacial score (nSPS) is 19.7. The average molecular weight is 194 g/mol. The highest BCUT2D eigenvalue weighted by Gasteiger charge is 2.20. The van der Waals surface area contributed by atoms with Gasteiger partial charge in [0.1, 0.15) is 17.2 Å². The number of hydrogen-bond acceptors (Lipinski definition) is 3. The summed E-state index contributed by atoms with van der Waals surface area (Å²) in [6.07, 6.45) is 2.16. The van der Waals surface area contributed by atoms with Crippen LogP contribution in [-0.4, -0.2) is 18.3 Å². The lowest BCUT2D eigenvalue weighted by Crippen LogP contribution is -2.19. The first kappa shape index (κ1) is 9.19. The summed E-state index contributed by atoms with van der Waals surface area (Å²) < 4.78 is 10.8. The molecule has 0 radical (unpaired) electrons. The van der Waals surface area contributed by atoms with Crippen LogP contribution in [0.3, 0.4) is 0 Å². The van der Waals surface area contributed by atoms with Gasteiger partial charge in [-0.15, -0.1) is 0 Å². The fraction of sp³-hybridized carbons (Fsp3) is 0.455. The van der Waals surface area contributed by atoms with Crippen molar-refractivity contribution in [2.75, 3.05) is 7.11 Å². The van der Waals surface area contributed by atoms with Gasteiger partial charge < -0.3 is 14.6 Å². The number of benzene rings is 1. The van der Waals surface area contributed by atoms with E-state index in [-0.39, 0.29) is 11.9 Å². The van der Waals surface area contributed by atoms with E-state index in [2.05, 4.69) is 0 Å². The van der Waals surface area contributed by atoms with E-state index in [4.69, 9.17) is 9.47 Å². The number of aromatic hydroxyl groups is 1. The summed E-state index contributed by atoms with van der Waals surface area (Å²) in [6, 6.07) is 3.27. The smallest absolute Gasteiger partial charge is 0.130 e. The maximum Gasteiger partial charge on any atom is 0.130 e. The van der Waals surface area contributed by atoms with Crippen LogP contribution in [-0.2, 0) is 6.42 Å². The van der Waals surface area contributed by atoms with E-state index in [1.54, 1.807) is 19.2 Å². The van der Waals surface area contributed by atoms with Gasteiger partial charge in [0.25, 0.3) is 0 Å². The van der Waals surface area contributed by atoms with E-state index in [1.807, 2.05) is 6.92 Å². The number of rotatable bonds is 1. The molecule has 1 aromatic carbocycles. The van der Waals surface area contributed by atoms with E-state index in [0.29, 0.717) is 5.75 Å². The van der Waals surface area contributed by atoms with Crippen LogP contribution < -0.4 is 9.47 Å². The summed E-state index contributed by atoms with van der Waals surface area (Å²) in [6.45, 7) is 2.03. The lowest BCUT2D eigenvalue weighted by Gasteiger charge is -2.24. The Hall–Kier alpha value is -1.38. The highest BCUT2D eigenvalue weighted by Crippen LogP contribution is 2.38. The topological polar surface area (TPSA) is 38.7 Å². The Kier molecular flexibility index (Phi) is 2.23. The molecule has 0 bridgehead atoms. The summed E-state index contributed by atoms with van der Waals surface area (Å²) in [5.41, 5.74) is 1.06. The zero-order chi connectivity index (χ0) is 10.1. The molecule has 1 aliphatic heterocycles. The van der Waals surface area contributed by atoms with E-state index in [9.17, 15) is 5.11 Å². The minimum atomic E-state index is 0.190. The largest absolute Gasteiger partial charge is 0.508 e. The van der Waals surface area contributed by atoms with Crippen molar-refractivity contribution in [1.82, 2.24) is 0 Å². The predicted octanol–water partition coefficient (Wildman–Crippen LogP) is 2.11. The molecule has 1 aliphatic rings. The van der Waals surface area contributed by atoms with Gasteiger partial charge in [-0.05, 0) is 19.8 Å². The van der Waals surface area contributed by atoms with E-state index in [0.717, 1.165) is 24.2 Å². The Morgan fingerprint density at radius 3 is 3.00 bits per heavy atom. The Morgan fingerprint density at radius 2 is 2.29 bits per heavy atom. The first-order chi connectivity index (χ1) is 6.70. The predicted molar refractivity (Wildman–Crippen MR) is 53.1 cm³/mol. The van der Waals surface area contributed by atoms with Crippen LogP contribution >= 0.6 is 0 Å². The van der Waals surface area contributed by atoms with Crippen LogP contribution in [0.1, 0.15) is 18.9 Å². The third-order valence-electron chi connectivity index (χ3n) is 2.50. The van der Waals surface area contributed by atoms with Gasteiger partial charge in [-0.25, -0.2) is 0 Å². The van der Waals surface area contributed by atoms with Crippen LogP contribution in [0.2, 0.25) is 0 Å². The summed E-state index contributed by atoms with van der Waals surface area (Å²) in [4.78, 5) is 0. The van der Waals surface area contributed by atoms with Gasteiger partial charge in [-0.2, -0.15) is 0 Å². The molecule has 1 aromatic rings. The Morgan fingerprint density at radius 1 is 1.50 bits per heavy atom. The Balaban J connectivity index is 2.46. The molecule has 3 heteroatoms. The van der Waals surface area contributed by atoms with Crippen molar-refractivity contribution in [3.63, 3.8) is 0 Å². The Labute approximate surface area is 83.3 Å². The molecule has 0 amide bonds. The van der Waals surface area contributed by atoms with Crippen molar-refractivity contribution in [3.05, 3.63) is 17.7 Å². The summed E-state index contributed by atoms with van der Waals surface area (Å²) in [7, 11) is 1.60. The molecule has 0 saturated carbocycles. The van der Waals surface area contributed by atoms with Crippen molar-refractivity contribution >= 4 is 0 Å². The monoisotopic (exact) mass is 194 g/mol. The van der Waals surface area contributed by atoms with Gasteiger partial charge in [0, 0.05) is 17.7 Å². The Bertz CT molecular complexity index is 347. The SMILES string of the molecule is COc1cc(O)cc2c1CC[C@@H](C)O2. The zero-order valence-corrected chi connectivity index (χ0v) is 8.41. The molecule has 0 saturated heterocycles. The average Bonchev–Trinajstić information content (AvgIpc) is 2.15. The molecule has 14 heavy (non-hydrogen) atoms. The lowest BCUT2D eigenvalue weighted by atomic mass is 10.0.